The Morgan fingerprint density at radius 3 is 2.52 bits per heavy atom. The summed E-state index contributed by atoms with van der Waals surface area (Å²) in [4.78, 5) is 3.99. The van der Waals surface area contributed by atoms with Crippen molar-refractivity contribution in [2.24, 2.45) is 17.1 Å². The zero-order valence-electron chi connectivity index (χ0n) is 14.6. The van der Waals surface area contributed by atoms with Gasteiger partial charge in [-0.3, -0.25) is 0 Å². The molecule has 1 aromatic heterocycles. The van der Waals surface area contributed by atoms with E-state index in [2.05, 4.69) is 57.2 Å². The number of rotatable bonds is 9. The van der Waals surface area contributed by atoms with E-state index in [9.17, 15) is 0 Å². The molecule has 2 nitrogen and oxygen atoms in total. The molecule has 122 valence electrons. The molecule has 0 bridgehead atoms. The maximum Gasteiger partial charge on any atom is 0.0112 e. The topological polar surface area (TPSA) is 29.3 Å². The zero-order chi connectivity index (χ0) is 15.9. The van der Waals surface area contributed by atoms with E-state index in [1.54, 1.807) is 0 Å². The first-order valence-electron chi connectivity index (χ1n) is 8.27. The smallest absolute Gasteiger partial charge is 0.0112 e. The van der Waals surface area contributed by atoms with Crippen molar-refractivity contribution in [1.29, 1.82) is 0 Å². The predicted molar refractivity (Wildman–Crippen MR) is 96.0 cm³/mol. The van der Waals surface area contributed by atoms with Gasteiger partial charge >= 0.3 is 0 Å². The van der Waals surface area contributed by atoms with Gasteiger partial charge in [-0.1, -0.05) is 26.8 Å². The number of nitrogens with two attached hydrogens (primary N) is 1. The highest BCUT2D eigenvalue weighted by atomic mass is 32.1. The summed E-state index contributed by atoms with van der Waals surface area (Å²) in [5.41, 5.74) is 6.15. The van der Waals surface area contributed by atoms with Gasteiger partial charge in [-0.2, -0.15) is 0 Å². The Morgan fingerprint density at radius 1 is 1.29 bits per heavy atom. The van der Waals surface area contributed by atoms with Gasteiger partial charge in [0.15, 0.2) is 0 Å². The molecule has 1 heterocycles. The summed E-state index contributed by atoms with van der Waals surface area (Å²) in [6.07, 6.45) is 4.88. The number of thiophene rings is 1. The van der Waals surface area contributed by atoms with Gasteiger partial charge in [0.1, 0.15) is 0 Å². The van der Waals surface area contributed by atoms with Crippen molar-refractivity contribution in [1.82, 2.24) is 4.90 Å². The van der Waals surface area contributed by atoms with E-state index in [-0.39, 0.29) is 0 Å². The van der Waals surface area contributed by atoms with Crippen molar-refractivity contribution in [3.63, 3.8) is 0 Å². The van der Waals surface area contributed by atoms with E-state index in [0.29, 0.717) is 11.5 Å². The Balaban J connectivity index is 2.32. The highest BCUT2D eigenvalue weighted by molar-refractivity contribution is 7.09. The van der Waals surface area contributed by atoms with Crippen LogP contribution in [-0.4, -0.2) is 31.1 Å². The third kappa shape index (κ3) is 6.94. The number of hydrogen-bond acceptors (Lipinski definition) is 3. The first-order valence-corrected chi connectivity index (χ1v) is 9.15. The average Bonchev–Trinajstić information content (AvgIpc) is 2.89. The van der Waals surface area contributed by atoms with Crippen LogP contribution in [0.3, 0.4) is 0 Å². The van der Waals surface area contributed by atoms with Crippen LogP contribution in [0.4, 0.5) is 0 Å². The lowest BCUT2D eigenvalue weighted by molar-refractivity contribution is 0.190. The maximum atomic E-state index is 5.77. The second kappa shape index (κ2) is 8.92. The van der Waals surface area contributed by atoms with Crippen LogP contribution in [0.2, 0.25) is 0 Å². The molecule has 0 saturated heterocycles. The minimum absolute atomic E-state index is 0.376. The lowest BCUT2D eigenvalue weighted by Gasteiger charge is -2.32. The Hall–Kier alpha value is -0.380. The molecule has 1 rings (SSSR count). The van der Waals surface area contributed by atoms with Gasteiger partial charge in [-0.15, -0.1) is 11.3 Å². The van der Waals surface area contributed by atoms with Crippen molar-refractivity contribution < 1.29 is 0 Å². The lowest BCUT2D eigenvalue weighted by atomic mass is 9.76. The first-order chi connectivity index (χ1) is 9.84. The van der Waals surface area contributed by atoms with Gasteiger partial charge in [-0.05, 0) is 75.5 Å². The highest BCUT2D eigenvalue weighted by Gasteiger charge is 2.23. The maximum absolute atomic E-state index is 5.77. The normalized spacial score (nSPS) is 15.4. The molecule has 21 heavy (non-hydrogen) atoms. The third-order valence-corrected chi connectivity index (χ3v) is 5.53. The molecule has 0 aromatic carbocycles. The number of hydrogen-bond donors (Lipinski definition) is 1. The number of nitrogens with zero attached hydrogens (tertiary/aromatic N) is 1. The summed E-state index contributed by atoms with van der Waals surface area (Å²) in [7, 11) is 2.26. The number of likely N-dealkylation sites (N-methyl/N-ethyl adjacent to an activating group) is 1. The molecule has 0 spiro atoms. The van der Waals surface area contributed by atoms with Gasteiger partial charge in [0.2, 0.25) is 0 Å². The van der Waals surface area contributed by atoms with E-state index in [1.807, 2.05) is 11.3 Å². The van der Waals surface area contributed by atoms with Crippen LogP contribution in [0.15, 0.2) is 17.5 Å². The van der Waals surface area contributed by atoms with E-state index in [0.717, 1.165) is 18.9 Å². The van der Waals surface area contributed by atoms with E-state index >= 15 is 0 Å². The predicted octanol–water partition coefficient (Wildman–Crippen LogP) is 4.40. The fourth-order valence-electron chi connectivity index (χ4n) is 2.89. The Kier molecular flexibility index (Phi) is 7.93. The van der Waals surface area contributed by atoms with E-state index < -0.39 is 0 Å². The molecule has 2 unspecified atom stereocenters. The Morgan fingerprint density at radius 2 is 2.00 bits per heavy atom. The van der Waals surface area contributed by atoms with Gasteiger partial charge in [0.25, 0.3) is 0 Å². The van der Waals surface area contributed by atoms with Crippen LogP contribution in [0.1, 0.15) is 51.8 Å². The fraction of sp³-hybridized carbons (Fsp3) is 0.778. The summed E-state index contributed by atoms with van der Waals surface area (Å²) < 4.78 is 0. The van der Waals surface area contributed by atoms with Crippen molar-refractivity contribution in [2.75, 3.05) is 20.1 Å². The molecule has 0 fully saturated rings. The molecule has 0 aliphatic carbocycles. The molecular weight excluding hydrogens is 276 g/mol. The van der Waals surface area contributed by atoms with Gasteiger partial charge in [-0.25, -0.2) is 0 Å². The standard InChI is InChI=1S/C18H34N2S/c1-15(14-17-9-7-13-21-17)20(5)12-6-8-16(10-11-19)18(2,3)4/h7,9,13,15-16H,6,8,10-12,14,19H2,1-5H3. The average molecular weight is 311 g/mol. The molecule has 0 aliphatic rings. The minimum Gasteiger partial charge on any atom is -0.330 e. The molecule has 0 saturated carbocycles. The van der Waals surface area contributed by atoms with Crippen LogP contribution in [0, 0.1) is 11.3 Å². The van der Waals surface area contributed by atoms with Crippen LogP contribution in [-0.2, 0) is 6.42 Å². The molecule has 0 aliphatic heterocycles. The van der Waals surface area contributed by atoms with Gasteiger partial charge < -0.3 is 10.6 Å². The molecular formula is C18H34N2S. The monoisotopic (exact) mass is 310 g/mol. The molecule has 1 aromatic rings. The highest BCUT2D eigenvalue weighted by Crippen LogP contribution is 2.32. The van der Waals surface area contributed by atoms with Gasteiger partial charge in [0, 0.05) is 10.9 Å². The van der Waals surface area contributed by atoms with Crippen molar-refractivity contribution >= 4 is 11.3 Å². The van der Waals surface area contributed by atoms with Crippen LogP contribution >= 0.6 is 11.3 Å². The molecule has 2 N–H and O–H groups in total. The second-order valence-corrected chi connectivity index (χ2v) is 8.43. The first kappa shape index (κ1) is 18.7. The SMILES string of the molecule is CC(Cc1cccs1)N(C)CCCC(CCN)C(C)(C)C. The lowest BCUT2D eigenvalue weighted by Crippen LogP contribution is -2.32. The summed E-state index contributed by atoms with van der Waals surface area (Å²) in [6, 6.07) is 5.01. The minimum atomic E-state index is 0.376. The summed E-state index contributed by atoms with van der Waals surface area (Å²) in [6.45, 7) is 11.4. The quantitative estimate of drug-likeness (QED) is 0.732. The summed E-state index contributed by atoms with van der Waals surface area (Å²) >= 11 is 1.87. The Labute approximate surface area is 135 Å². The summed E-state index contributed by atoms with van der Waals surface area (Å²) in [5, 5.41) is 2.17. The molecule has 3 heteroatoms. The van der Waals surface area contributed by atoms with Crippen LogP contribution in [0.25, 0.3) is 0 Å². The summed E-state index contributed by atoms with van der Waals surface area (Å²) in [5.74, 6) is 0.739. The third-order valence-electron chi connectivity index (χ3n) is 4.63. The van der Waals surface area contributed by atoms with E-state index in [1.165, 1.54) is 30.7 Å². The van der Waals surface area contributed by atoms with Crippen molar-refractivity contribution in [2.45, 2.75) is 59.4 Å². The van der Waals surface area contributed by atoms with Crippen LogP contribution < -0.4 is 5.73 Å². The van der Waals surface area contributed by atoms with Gasteiger partial charge in [0.05, 0.1) is 0 Å². The zero-order valence-corrected chi connectivity index (χ0v) is 15.4. The Bertz CT molecular complexity index is 367. The van der Waals surface area contributed by atoms with Crippen molar-refractivity contribution in [3.05, 3.63) is 22.4 Å². The fourth-order valence-corrected chi connectivity index (χ4v) is 3.72. The molecule has 2 atom stereocenters. The largest absolute Gasteiger partial charge is 0.330 e. The van der Waals surface area contributed by atoms with Crippen molar-refractivity contribution in [3.8, 4) is 0 Å². The van der Waals surface area contributed by atoms with E-state index in [4.69, 9.17) is 5.73 Å². The van der Waals surface area contributed by atoms with Crippen LogP contribution in [0.5, 0.6) is 0 Å². The second-order valence-electron chi connectivity index (χ2n) is 7.40. The molecule has 0 radical (unpaired) electrons. The molecule has 0 amide bonds.